The second-order valence-electron chi connectivity index (χ2n) is 5.43. The molecule has 0 spiro atoms. The fourth-order valence-electron chi connectivity index (χ4n) is 3.16. The van der Waals surface area contributed by atoms with Gasteiger partial charge in [-0.15, -0.1) is 0 Å². The van der Waals surface area contributed by atoms with Gasteiger partial charge in [-0.3, -0.25) is 4.84 Å². The number of nitrogens with zero attached hydrogens (tertiary/aromatic N) is 1. The van der Waals surface area contributed by atoms with Gasteiger partial charge in [0.1, 0.15) is 18.2 Å². The van der Waals surface area contributed by atoms with Crippen molar-refractivity contribution in [2.45, 2.75) is 37.0 Å². The summed E-state index contributed by atoms with van der Waals surface area (Å²) < 4.78 is 11.3. The van der Waals surface area contributed by atoms with Crippen LogP contribution < -0.4 is 0 Å². The van der Waals surface area contributed by atoms with Crippen LogP contribution in [0.5, 0.6) is 0 Å². The van der Waals surface area contributed by atoms with Gasteiger partial charge in [-0.25, -0.2) is 0 Å². The minimum atomic E-state index is -0.931. The molecule has 2 aliphatic rings. The zero-order valence-electron chi connectivity index (χ0n) is 12.0. The Morgan fingerprint density at radius 1 is 1.38 bits per heavy atom. The first-order chi connectivity index (χ1) is 10.2. The van der Waals surface area contributed by atoms with Crippen LogP contribution in [-0.2, 0) is 20.9 Å². The molecule has 2 aliphatic heterocycles. The van der Waals surface area contributed by atoms with Gasteiger partial charge in [0.15, 0.2) is 5.79 Å². The quantitative estimate of drug-likeness (QED) is 0.832. The molecule has 0 radical (unpaired) electrons. The zero-order valence-corrected chi connectivity index (χ0v) is 12.0. The van der Waals surface area contributed by atoms with E-state index in [0.717, 1.165) is 5.56 Å². The van der Waals surface area contributed by atoms with E-state index in [2.05, 4.69) is 0 Å². The Kier molecular flexibility index (Phi) is 4.26. The molecule has 4 atom stereocenters. The van der Waals surface area contributed by atoms with Crippen molar-refractivity contribution in [2.75, 3.05) is 20.3 Å². The van der Waals surface area contributed by atoms with Crippen molar-refractivity contribution in [3.05, 3.63) is 35.9 Å². The number of hydrogen-bond acceptors (Lipinski definition) is 6. The lowest BCUT2D eigenvalue weighted by Gasteiger charge is -2.43. The molecule has 3 rings (SSSR count). The molecule has 0 aromatic heterocycles. The number of aliphatic hydroxyl groups excluding tert-OH is 2. The van der Waals surface area contributed by atoms with Gasteiger partial charge >= 0.3 is 0 Å². The largest absolute Gasteiger partial charge is 0.394 e. The van der Waals surface area contributed by atoms with Crippen LogP contribution >= 0.6 is 0 Å². The summed E-state index contributed by atoms with van der Waals surface area (Å²) in [4.78, 5) is 5.72. The summed E-state index contributed by atoms with van der Waals surface area (Å²) in [7, 11) is 1.56. The summed E-state index contributed by atoms with van der Waals surface area (Å²) in [5.41, 5.74) is 1.07. The maximum atomic E-state index is 10.4. The van der Waals surface area contributed by atoms with Crippen LogP contribution in [0, 0.1) is 0 Å². The highest BCUT2D eigenvalue weighted by atomic mass is 16.7. The van der Waals surface area contributed by atoms with Crippen molar-refractivity contribution in [2.24, 2.45) is 0 Å². The molecule has 2 heterocycles. The van der Waals surface area contributed by atoms with Gasteiger partial charge in [-0.2, -0.15) is 5.06 Å². The lowest BCUT2D eigenvalue weighted by molar-refractivity contribution is -0.334. The predicted molar refractivity (Wildman–Crippen MR) is 74.0 cm³/mol. The SMILES string of the molecule is CO[C@]12CCON(Cc3ccccc3)[C@H]1[C@@H](O)[C@H](CO)O2. The molecule has 0 unspecified atom stereocenters. The molecule has 0 amide bonds. The van der Waals surface area contributed by atoms with Crippen molar-refractivity contribution in [1.82, 2.24) is 5.06 Å². The average Bonchev–Trinajstić information content (AvgIpc) is 2.82. The smallest absolute Gasteiger partial charge is 0.191 e. The van der Waals surface area contributed by atoms with Crippen molar-refractivity contribution in [3.63, 3.8) is 0 Å². The molecule has 0 bridgehead atoms. The Hall–Kier alpha value is -1.02. The highest BCUT2D eigenvalue weighted by Gasteiger charge is 2.59. The van der Waals surface area contributed by atoms with Gasteiger partial charge in [0.05, 0.1) is 13.2 Å². The zero-order chi connectivity index (χ0) is 14.9. The fraction of sp³-hybridized carbons (Fsp3) is 0.600. The van der Waals surface area contributed by atoms with E-state index in [1.165, 1.54) is 0 Å². The number of rotatable bonds is 4. The normalized spacial score (nSPS) is 36.6. The van der Waals surface area contributed by atoms with Crippen molar-refractivity contribution in [1.29, 1.82) is 0 Å². The second-order valence-corrected chi connectivity index (χ2v) is 5.43. The standard InChI is InChI=1S/C15H21NO5/c1-19-15-7-8-20-16(9-11-5-3-2-4-6-11)14(15)13(18)12(10-17)21-15/h2-6,12-14,17-18H,7-10H2,1H3/t12-,13-,14-,15-/m0/s1. The number of methoxy groups -OCH3 is 1. The first-order valence-electron chi connectivity index (χ1n) is 7.15. The maximum absolute atomic E-state index is 10.4. The van der Waals surface area contributed by atoms with E-state index in [1.807, 2.05) is 30.3 Å². The van der Waals surface area contributed by atoms with Crippen LogP contribution in [-0.4, -0.2) is 59.6 Å². The molecule has 2 N–H and O–H groups in total. The molecule has 116 valence electrons. The van der Waals surface area contributed by atoms with E-state index in [-0.39, 0.29) is 6.61 Å². The molecule has 6 nitrogen and oxygen atoms in total. The molecule has 0 aliphatic carbocycles. The summed E-state index contributed by atoms with van der Waals surface area (Å²) >= 11 is 0. The van der Waals surface area contributed by atoms with E-state index in [0.29, 0.717) is 19.6 Å². The summed E-state index contributed by atoms with van der Waals surface area (Å²) in [6.45, 7) is 0.721. The molecule has 0 saturated carbocycles. The van der Waals surface area contributed by atoms with Gasteiger partial charge in [0.2, 0.25) is 0 Å². The van der Waals surface area contributed by atoms with E-state index >= 15 is 0 Å². The van der Waals surface area contributed by atoms with E-state index < -0.39 is 24.0 Å². The number of aliphatic hydroxyl groups is 2. The van der Waals surface area contributed by atoms with E-state index in [4.69, 9.17) is 14.3 Å². The summed E-state index contributed by atoms with van der Waals surface area (Å²) in [5.74, 6) is -0.931. The van der Waals surface area contributed by atoms with Crippen molar-refractivity contribution < 1.29 is 24.5 Å². The summed E-state index contributed by atoms with van der Waals surface area (Å²) in [6, 6.07) is 9.40. The fourth-order valence-corrected chi connectivity index (χ4v) is 3.16. The van der Waals surface area contributed by atoms with Gasteiger partial charge in [0.25, 0.3) is 0 Å². The molecule has 2 fully saturated rings. The topological polar surface area (TPSA) is 71.4 Å². The summed E-state index contributed by atoms with van der Waals surface area (Å²) in [6.07, 6.45) is -0.999. The number of fused-ring (bicyclic) bond motifs is 1. The monoisotopic (exact) mass is 295 g/mol. The Labute approximate surface area is 123 Å². The third kappa shape index (κ3) is 2.59. The molecular weight excluding hydrogens is 274 g/mol. The van der Waals surface area contributed by atoms with Crippen LogP contribution in [0.3, 0.4) is 0 Å². The lowest BCUT2D eigenvalue weighted by Crippen LogP contribution is -2.59. The minimum absolute atomic E-state index is 0.248. The molecule has 1 aromatic rings. The van der Waals surface area contributed by atoms with E-state index in [1.54, 1.807) is 12.2 Å². The second kappa shape index (κ2) is 6.00. The first kappa shape index (κ1) is 14.9. The Morgan fingerprint density at radius 3 is 2.81 bits per heavy atom. The lowest BCUT2D eigenvalue weighted by atomic mass is 9.97. The molecule has 21 heavy (non-hydrogen) atoms. The van der Waals surface area contributed by atoms with Crippen LogP contribution in [0.15, 0.2) is 30.3 Å². The Balaban J connectivity index is 1.84. The Morgan fingerprint density at radius 2 is 2.14 bits per heavy atom. The van der Waals surface area contributed by atoms with Crippen LogP contribution in [0.25, 0.3) is 0 Å². The molecule has 6 heteroatoms. The third-order valence-electron chi connectivity index (χ3n) is 4.23. The summed E-state index contributed by atoms with van der Waals surface area (Å²) in [5, 5.41) is 21.5. The van der Waals surface area contributed by atoms with Gasteiger partial charge in [-0.05, 0) is 5.56 Å². The first-order valence-corrected chi connectivity index (χ1v) is 7.15. The van der Waals surface area contributed by atoms with Crippen molar-refractivity contribution in [3.8, 4) is 0 Å². The number of ether oxygens (including phenoxy) is 2. The van der Waals surface area contributed by atoms with Crippen LogP contribution in [0.1, 0.15) is 12.0 Å². The number of benzene rings is 1. The molecule has 1 aromatic carbocycles. The van der Waals surface area contributed by atoms with Crippen molar-refractivity contribution >= 4 is 0 Å². The molecular formula is C15H21NO5. The number of hydroxylamine groups is 2. The van der Waals surface area contributed by atoms with Gasteiger partial charge < -0.3 is 19.7 Å². The van der Waals surface area contributed by atoms with Gasteiger partial charge in [-0.1, -0.05) is 30.3 Å². The minimum Gasteiger partial charge on any atom is -0.394 e. The maximum Gasteiger partial charge on any atom is 0.191 e. The van der Waals surface area contributed by atoms with E-state index in [9.17, 15) is 10.2 Å². The highest BCUT2D eigenvalue weighted by Crippen LogP contribution is 2.41. The van der Waals surface area contributed by atoms with Crippen LogP contribution in [0.2, 0.25) is 0 Å². The van der Waals surface area contributed by atoms with Crippen LogP contribution in [0.4, 0.5) is 0 Å². The highest BCUT2D eigenvalue weighted by molar-refractivity contribution is 5.15. The third-order valence-corrected chi connectivity index (χ3v) is 4.23. The Bertz CT molecular complexity index is 470. The van der Waals surface area contributed by atoms with Gasteiger partial charge in [0, 0.05) is 20.1 Å². The average molecular weight is 295 g/mol. The predicted octanol–water partition coefficient (Wildman–Crippen LogP) is 0.287. The molecule has 2 saturated heterocycles. The number of hydrogen-bond donors (Lipinski definition) is 2.